The summed E-state index contributed by atoms with van der Waals surface area (Å²) < 4.78 is 41.0. The molecule has 0 radical (unpaired) electrons. The van der Waals surface area contributed by atoms with Crippen LogP contribution >= 0.6 is 0 Å². The van der Waals surface area contributed by atoms with Crippen LogP contribution < -0.4 is 19.1 Å². The van der Waals surface area contributed by atoms with Crippen LogP contribution in [0.4, 0.5) is 5.69 Å². The van der Waals surface area contributed by atoms with E-state index >= 15 is 0 Å². The molecule has 1 fully saturated rings. The van der Waals surface area contributed by atoms with Crippen molar-refractivity contribution in [2.24, 2.45) is 0 Å². The fourth-order valence-electron chi connectivity index (χ4n) is 6.06. The van der Waals surface area contributed by atoms with E-state index in [1.54, 1.807) is 49.6 Å². The second-order valence-electron chi connectivity index (χ2n) is 11.8. The molecule has 9 nitrogen and oxygen atoms in total. The van der Waals surface area contributed by atoms with Crippen LogP contribution in [0.3, 0.4) is 0 Å². The SMILES string of the molecule is CCOc1ccccc1N(CC(=O)N(Cc1cccc(OC)c1)C(Cc1ccccc1)C(=O)NC1CCCC1)S(=O)(=O)c1ccccc1. The predicted octanol–water partition coefficient (Wildman–Crippen LogP) is 5.99. The number of sulfonamides is 1. The number of benzene rings is 4. The highest BCUT2D eigenvalue weighted by Crippen LogP contribution is 2.33. The van der Waals surface area contributed by atoms with Crippen molar-refractivity contribution in [1.29, 1.82) is 0 Å². The van der Waals surface area contributed by atoms with E-state index in [0.29, 0.717) is 18.1 Å². The Hall–Kier alpha value is -4.83. The van der Waals surface area contributed by atoms with Crippen molar-refractivity contribution in [2.45, 2.75) is 62.6 Å². The Labute approximate surface area is 283 Å². The molecule has 0 bridgehead atoms. The molecule has 0 saturated heterocycles. The monoisotopic (exact) mass is 669 g/mol. The van der Waals surface area contributed by atoms with Gasteiger partial charge in [0.15, 0.2) is 0 Å². The minimum atomic E-state index is -4.25. The first-order valence-corrected chi connectivity index (χ1v) is 17.8. The molecule has 0 spiro atoms. The van der Waals surface area contributed by atoms with Crippen LogP contribution in [0.15, 0.2) is 114 Å². The summed E-state index contributed by atoms with van der Waals surface area (Å²) in [6.45, 7) is 1.60. The Morgan fingerprint density at radius 2 is 1.50 bits per heavy atom. The van der Waals surface area contributed by atoms with Crippen molar-refractivity contribution >= 4 is 27.5 Å². The van der Waals surface area contributed by atoms with Gasteiger partial charge in [0, 0.05) is 19.0 Å². The van der Waals surface area contributed by atoms with Crippen molar-refractivity contribution in [2.75, 3.05) is 24.6 Å². The fraction of sp³-hybridized carbons (Fsp3) is 0.316. The Bertz CT molecular complexity index is 1760. The zero-order valence-corrected chi connectivity index (χ0v) is 28.3. The highest BCUT2D eigenvalue weighted by molar-refractivity contribution is 7.92. The smallest absolute Gasteiger partial charge is 0.264 e. The number of anilines is 1. The molecule has 1 aliphatic rings. The number of rotatable bonds is 15. The first-order chi connectivity index (χ1) is 23.3. The van der Waals surface area contributed by atoms with Gasteiger partial charge in [-0.1, -0.05) is 85.6 Å². The van der Waals surface area contributed by atoms with Crippen molar-refractivity contribution in [3.05, 3.63) is 120 Å². The Morgan fingerprint density at radius 3 is 2.19 bits per heavy atom. The Morgan fingerprint density at radius 1 is 0.854 bits per heavy atom. The van der Waals surface area contributed by atoms with Gasteiger partial charge < -0.3 is 19.7 Å². The summed E-state index contributed by atoms with van der Waals surface area (Å²) in [4.78, 5) is 30.5. The molecule has 252 valence electrons. The zero-order valence-electron chi connectivity index (χ0n) is 27.5. The third-order valence-electron chi connectivity index (χ3n) is 8.50. The standard InChI is InChI=1S/C38H43N3O6S/c1-3-47-36-24-13-12-23-34(36)41(48(44,45)33-21-8-5-9-22-33)28-37(42)40(27-30-17-14-20-32(25-30)46-2)35(26-29-15-6-4-7-16-29)38(43)39-31-18-10-11-19-31/h4-9,12-17,20-25,31,35H,3,10-11,18-19,26-28H2,1-2H3,(H,39,43). The van der Waals surface area contributed by atoms with Crippen molar-refractivity contribution in [3.63, 3.8) is 0 Å². The van der Waals surface area contributed by atoms with E-state index in [9.17, 15) is 18.0 Å². The third kappa shape index (κ3) is 8.55. The largest absolute Gasteiger partial charge is 0.497 e. The number of hydrogen-bond acceptors (Lipinski definition) is 6. The summed E-state index contributed by atoms with van der Waals surface area (Å²) in [6, 6.07) is 30.7. The average Bonchev–Trinajstić information content (AvgIpc) is 3.63. The van der Waals surface area contributed by atoms with Crippen molar-refractivity contribution in [1.82, 2.24) is 10.2 Å². The maximum absolute atomic E-state index is 14.8. The minimum Gasteiger partial charge on any atom is -0.497 e. The number of nitrogens with one attached hydrogen (secondary N) is 1. The first kappa shape index (κ1) is 34.5. The molecule has 4 aromatic carbocycles. The van der Waals surface area contributed by atoms with Gasteiger partial charge in [-0.2, -0.15) is 0 Å². The second kappa shape index (κ2) is 16.3. The summed E-state index contributed by atoms with van der Waals surface area (Å²) in [7, 11) is -2.68. The number of amides is 2. The van der Waals surface area contributed by atoms with Gasteiger partial charge in [0.1, 0.15) is 24.1 Å². The molecular formula is C38H43N3O6S. The lowest BCUT2D eigenvalue weighted by Gasteiger charge is -2.34. The Balaban J connectivity index is 1.59. The quantitative estimate of drug-likeness (QED) is 0.167. The maximum atomic E-state index is 14.8. The van der Waals surface area contributed by atoms with E-state index in [1.807, 2.05) is 61.5 Å². The summed E-state index contributed by atoms with van der Waals surface area (Å²) in [5, 5.41) is 3.20. The zero-order chi connectivity index (χ0) is 33.9. The van der Waals surface area contributed by atoms with E-state index in [-0.39, 0.29) is 35.5 Å². The molecule has 2 amide bonds. The molecule has 1 aliphatic carbocycles. The number of ether oxygens (including phenoxy) is 2. The summed E-state index contributed by atoms with van der Waals surface area (Å²) >= 11 is 0. The van der Waals surface area contributed by atoms with E-state index in [1.165, 1.54) is 17.0 Å². The molecule has 0 aromatic heterocycles. The lowest BCUT2D eigenvalue weighted by Crippen LogP contribution is -2.54. The highest BCUT2D eigenvalue weighted by Gasteiger charge is 2.36. The molecule has 10 heteroatoms. The molecular weight excluding hydrogens is 627 g/mol. The van der Waals surface area contributed by atoms with Gasteiger partial charge in [0.05, 0.1) is 24.3 Å². The van der Waals surface area contributed by atoms with E-state index in [0.717, 1.165) is 41.1 Å². The molecule has 4 aromatic rings. The van der Waals surface area contributed by atoms with Gasteiger partial charge in [-0.3, -0.25) is 13.9 Å². The number of hydrogen-bond donors (Lipinski definition) is 1. The third-order valence-corrected chi connectivity index (χ3v) is 10.3. The normalized spacial score (nSPS) is 13.8. The van der Waals surface area contributed by atoms with Crippen LogP contribution in [0.5, 0.6) is 11.5 Å². The lowest BCUT2D eigenvalue weighted by molar-refractivity contribution is -0.140. The average molecular weight is 670 g/mol. The van der Waals surface area contributed by atoms with Gasteiger partial charge in [-0.25, -0.2) is 8.42 Å². The Kier molecular flexibility index (Phi) is 11.7. The molecule has 48 heavy (non-hydrogen) atoms. The number of carbonyl (C=O) groups excluding carboxylic acids is 2. The van der Waals surface area contributed by atoms with Crippen LogP contribution in [0.1, 0.15) is 43.7 Å². The van der Waals surface area contributed by atoms with E-state index in [4.69, 9.17) is 9.47 Å². The van der Waals surface area contributed by atoms with Gasteiger partial charge in [-0.05, 0) is 67.3 Å². The number of methoxy groups -OCH3 is 1. The van der Waals surface area contributed by atoms with Crippen LogP contribution in [0.25, 0.3) is 0 Å². The fourth-order valence-corrected chi connectivity index (χ4v) is 7.51. The van der Waals surface area contributed by atoms with Crippen LogP contribution in [0.2, 0.25) is 0 Å². The molecule has 0 heterocycles. The molecule has 1 saturated carbocycles. The van der Waals surface area contributed by atoms with Gasteiger partial charge in [0.25, 0.3) is 10.0 Å². The number of nitrogens with zero attached hydrogens (tertiary/aromatic N) is 2. The van der Waals surface area contributed by atoms with Crippen LogP contribution in [-0.4, -0.2) is 57.5 Å². The lowest BCUT2D eigenvalue weighted by atomic mass is 10.0. The molecule has 0 aliphatic heterocycles. The van der Waals surface area contributed by atoms with Gasteiger partial charge >= 0.3 is 0 Å². The summed E-state index contributed by atoms with van der Waals surface area (Å²) in [5.41, 5.74) is 1.84. The molecule has 5 rings (SSSR count). The van der Waals surface area contributed by atoms with Gasteiger partial charge in [0.2, 0.25) is 11.8 Å². The van der Waals surface area contributed by atoms with E-state index in [2.05, 4.69) is 5.32 Å². The maximum Gasteiger partial charge on any atom is 0.264 e. The van der Waals surface area contributed by atoms with Crippen molar-refractivity contribution in [3.8, 4) is 11.5 Å². The highest BCUT2D eigenvalue weighted by atomic mass is 32.2. The van der Waals surface area contributed by atoms with Crippen LogP contribution in [0, 0.1) is 0 Å². The first-order valence-electron chi connectivity index (χ1n) is 16.4. The molecule has 1 N–H and O–H groups in total. The number of carbonyl (C=O) groups is 2. The predicted molar refractivity (Wildman–Crippen MR) is 186 cm³/mol. The van der Waals surface area contributed by atoms with Gasteiger partial charge in [-0.15, -0.1) is 0 Å². The van der Waals surface area contributed by atoms with Crippen LogP contribution in [-0.2, 0) is 32.6 Å². The summed E-state index contributed by atoms with van der Waals surface area (Å²) in [5.74, 6) is 0.126. The second-order valence-corrected chi connectivity index (χ2v) is 13.7. The van der Waals surface area contributed by atoms with Crippen molar-refractivity contribution < 1.29 is 27.5 Å². The summed E-state index contributed by atoms with van der Waals surface area (Å²) in [6.07, 6.45) is 4.07. The minimum absolute atomic E-state index is 0.0255. The molecule has 1 unspecified atom stereocenters. The number of para-hydroxylation sites is 2. The van der Waals surface area contributed by atoms with E-state index < -0.39 is 28.5 Å². The topological polar surface area (TPSA) is 105 Å². The molecule has 1 atom stereocenters.